The number of aromatic hydroxyl groups is 1. The minimum Gasteiger partial charge on any atom is -0.494 e. The fourth-order valence-electron chi connectivity index (χ4n) is 3.86. The molecule has 1 aliphatic heterocycles. The standard InChI is InChI=1S/C22H23IN4O2/c1-13-11-27(12-14(2)25-13)17-6-4-16(5-7-17)24-10-20-19-9-15(23)3-8-18(19)21(28)26-22(20)29/h3-10,13-14,25H,11-12H2,1-2H3,(H2,26,28,29)/t13-,14+. The predicted octanol–water partition coefficient (Wildman–Crippen LogP) is 3.78. The van der Waals surface area contributed by atoms with Crippen LogP contribution in [-0.2, 0) is 0 Å². The van der Waals surface area contributed by atoms with Crippen LogP contribution in [0.2, 0.25) is 0 Å². The topological polar surface area (TPSA) is 80.7 Å². The van der Waals surface area contributed by atoms with Crippen LogP contribution in [0, 0.1) is 3.57 Å². The fraction of sp³-hybridized carbons (Fsp3) is 0.273. The number of halogens is 1. The van der Waals surface area contributed by atoms with Gasteiger partial charge in [0, 0.05) is 51.4 Å². The zero-order valence-corrected chi connectivity index (χ0v) is 18.5. The number of hydrogen-bond donors (Lipinski definition) is 3. The van der Waals surface area contributed by atoms with E-state index in [9.17, 15) is 9.90 Å². The maximum absolute atomic E-state index is 12.1. The zero-order valence-electron chi connectivity index (χ0n) is 16.3. The monoisotopic (exact) mass is 502 g/mol. The first-order valence-electron chi connectivity index (χ1n) is 9.60. The second kappa shape index (κ2) is 8.16. The van der Waals surface area contributed by atoms with Crippen molar-refractivity contribution < 1.29 is 5.11 Å². The Bertz CT molecular complexity index is 1110. The number of nitrogens with zero attached hydrogens (tertiary/aromatic N) is 2. The third kappa shape index (κ3) is 4.30. The van der Waals surface area contributed by atoms with Gasteiger partial charge in [0.1, 0.15) is 0 Å². The van der Waals surface area contributed by atoms with Crippen LogP contribution in [-0.4, -0.2) is 41.5 Å². The van der Waals surface area contributed by atoms with Crippen molar-refractivity contribution in [1.82, 2.24) is 10.3 Å². The molecule has 2 heterocycles. The van der Waals surface area contributed by atoms with Crippen molar-refractivity contribution in [2.24, 2.45) is 4.99 Å². The number of anilines is 1. The summed E-state index contributed by atoms with van der Waals surface area (Å²) in [7, 11) is 0. The van der Waals surface area contributed by atoms with Crippen LogP contribution < -0.4 is 15.8 Å². The van der Waals surface area contributed by atoms with E-state index in [2.05, 4.69) is 68.8 Å². The minimum absolute atomic E-state index is 0.173. The van der Waals surface area contributed by atoms with Crippen molar-refractivity contribution in [3.8, 4) is 5.88 Å². The molecule has 0 bridgehead atoms. The lowest BCUT2D eigenvalue weighted by Crippen LogP contribution is -2.54. The van der Waals surface area contributed by atoms with Crippen LogP contribution in [0.3, 0.4) is 0 Å². The normalized spacial score (nSPS) is 19.9. The lowest BCUT2D eigenvalue weighted by Gasteiger charge is -2.37. The highest BCUT2D eigenvalue weighted by atomic mass is 127. The van der Waals surface area contributed by atoms with E-state index in [1.54, 1.807) is 12.3 Å². The van der Waals surface area contributed by atoms with Gasteiger partial charge in [-0.3, -0.25) is 14.8 Å². The highest BCUT2D eigenvalue weighted by molar-refractivity contribution is 14.1. The largest absolute Gasteiger partial charge is 0.494 e. The third-order valence-corrected chi connectivity index (χ3v) is 5.79. The van der Waals surface area contributed by atoms with E-state index in [1.807, 2.05) is 24.3 Å². The Morgan fingerprint density at radius 1 is 1.10 bits per heavy atom. The molecule has 1 saturated heterocycles. The number of hydrogen-bond acceptors (Lipinski definition) is 5. The molecule has 29 heavy (non-hydrogen) atoms. The number of fused-ring (bicyclic) bond motifs is 1. The molecule has 1 fully saturated rings. The van der Waals surface area contributed by atoms with Crippen molar-refractivity contribution in [3.63, 3.8) is 0 Å². The molecule has 0 radical (unpaired) electrons. The summed E-state index contributed by atoms with van der Waals surface area (Å²) in [5, 5.41) is 15.0. The molecule has 2 atom stereocenters. The Hall–Kier alpha value is -2.39. The number of aromatic amines is 1. The number of piperazine rings is 1. The minimum atomic E-state index is -0.310. The van der Waals surface area contributed by atoms with Gasteiger partial charge in [-0.1, -0.05) is 0 Å². The Morgan fingerprint density at radius 2 is 1.79 bits per heavy atom. The highest BCUT2D eigenvalue weighted by Crippen LogP contribution is 2.25. The summed E-state index contributed by atoms with van der Waals surface area (Å²) in [4.78, 5) is 21.5. The fourth-order valence-corrected chi connectivity index (χ4v) is 4.36. The quantitative estimate of drug-likeness (QED) is 0.377. The van der Waals surface area contributed by atoms with Gasteiger partial charge in [-0.15, -0.1) is 0 Å². The summed E-state index contributed by atoms with van der Waals surface area (Å²) in [5.74, 6) is -0.173. The second-order valence-electron chi connectivity index (χ2n) is 7.55. The van der Waals surface area contributed by atoms with E-state index < -0.39 is 0 Å². The average molecular weight is 502 g/mol. The van der Waals surface area contributed by atoms with Gasteiger partial charge < -0.3 is 15.3 Å². The number of aromatic nitrogens is 1. The van der Waals surface area contributed by atoms with E-state index in [0.717, 1.165) is 22.3 Å². The van der Waals surface area contributed by atoms with E-state index in [1.165, 1.54) is 5.69 Å². The maximum Gasteiger partial charge on any atom is 0.258 e. The molecule has 4 rings (SSSR count). The molecule has 0 amide bonds. The van der Waals surface area contributed by atoms with Crippen molar-refractivity contribution in [1.29, 1.82) is 0 Å². The second-order valence-corrected chi connectivity index (χ2v) is 8.80. The van der Waals surface area contributed by atoms with Gasteiger partial charge >= 0.3 is 0 Å². The molecule has 0 spiro atoms. The molecule has 0 unspecified atom stereocenters. The van der Waals surface area contributed by atoms with Gasteiger partial charge in [-0.2, -0.15) is 0 Å². The summed E-state index contributed by atoms with van der Waals surface area (Å²) < 4.78 is 0.985. The lowest BCUT2D eigenvalue weighted by molar-refractivity contribution is 0.407. The first-order valence-corrected chi connectivity index (χ1v) is 10.7. The predicted molar refractivity (Wildman–Crippen MR) is 127 cm³/mol. The summed E-state index contributed by atoms with van der Waals surface area (Å²) in [5.41, 5.74) is 2.16. The molecule has 1 aromatic heterocycles. The molecule has 3 N–H and O–H groups in total. The van der Waals surface area contributed by atoms with Crippen LogP contribution in [0.1, 0.15) is 19.4 Å². The van der Waals surface area contributed by atoms with E-state index in [4.69, 9.17) is 0 Å². The molecule has 1 aliphatic rings. The first-order chi connectivity index (χ1) is 13.9. The van der Waals surface area contributed by atoms with Gasteiger partial charge in [0.2, 0.25) is 5.88 Å². The highest BCUT2D eigenvalue weighted by Gasteiger charge is 2.20. The molecule has 0 aliphatic carbocycles. The summed E-state index contributed by atoms with van der Waals surface area (Å²) in [6.07, 6.45) is 1.60. The van der Waals surface area contributed by atoms with Crippen molar-refractivity contribution in [3.05, 3.63) is 62.0 Å². The average Bonchev–Trinajstić information content (AvgIpc) is 2.67. The molecule has 7 heteroatoms. The molecule has 3 aromatic rings. The smallest absolute Gasteiger partial charge is 0.258 e. The molecular weight excluding hydrogens is 479 g/mol. The number of aliphatic imine (C=N–C) groups is 1. The van der Waals surface area contributed by atoms with Crippen molar-refractivity contribution >= 4 is 51.0 Å². The van der Waals surface area contributed by atoms with Gasteiger partial charge in [0.05, 0.1) is 11.3 Å². The third-order valence-electron chi connectivity index (χ3n) is 5.12. The van der Waals surface area contributed by atoms with Crippen LogP contribution >= 0.6 is 22.6 Å². The molecule has 150 valence electrons. The van der Waals surface area contributed by atoms with E-state index in [-0.39, 0.29) is 11.4 Å². The Morgan fingerprint density at radius 3 is 2.48 bits per heavy atom. The lowest BCUT2D eigenvalue weighted by atomic mass is 10.1. The number of pyridine rings is 1. The van der Waals surface area contributed by atoms with E-state index in [0.29, 0.717) is 28.4 Å². The summed E-state index contributed by atoms with van der Waals surface area (Å²) >= 11 is 2.19. The van der Waals surface area contributed by atoms with Crippen molar-refractivity contribution in [2.75, 3.05) is 18.0 Å². The van der Waals surface area contributed by atoms with Gasteiger partial charge in [0.25, 0.3) is 5.56 Å². The number of nitrogens with one attached hydrogen (secondary N) is 2. The molecule has 2 aromatic carbocycles. The van der Waals surface area contributed by atoms with Gasteiger partial charge in [-0.25, -0.2) is 0 Å². The van der Waals surface area contributed by atoms with Gasteiger partial charge in [-0.05, 0) is 78.9 Å². The van der Waals surface area contributed by atoms with Crippen LogP contribution in [0.5, 0.6) is 5.88 Å². The summed E-state index contributed by atoms with van der Waals surface area (Å²) in [6.45, 7) is 6.35. The van der Waals surface area contributed by atoms with Crippen LogP contribution in [0.4, 0.5) is 11.4 Å². The number of H-pyrrole nitrogens is 1. The summed E-state index contributed by atoms with van der Waals surface area (Å²) in [6, 6.07) is 14.5. The number of benzene rings is 2. The van der Waals surface area contributed by atoms with Crippen LogP contribution in [0.25, 0.3) is 10.8 Å². The molecular formula is C22H23IN4O2. The number of rotatable bonds is 3. The SMILES string of the molecule is C[C@@H]1CN(c2ccc(N=Cc3c(O)[nH]c(=O)c4ccc(I)cc34)cc2)C[C@H](C)N1. The Balaban J connectivity index is 1.62. The maximum atomic E-state index is 12.1. The zero-order chi connectivity index (χ0) is 20.5. The van der Waals surface area contributed by atoms with Crippen LogP contribution in [0.15, 0.2) is 52.3 Å². The Labute approximate surface area is 182 Å². The molecule has 6 nitrogen and oxygen atoms in total. The van der Waals surface area contributed by atoms with Crippen molar-refractivity contribution in [2.45, 2.75) is 25.9 Å². The Kier molecular flexibility index (Phi) is 5.60. The van der Waals surface area contributed by atoms with Gasteiger partial charge in [0.15, 0.2) is 0 Å². The first kappa shape index (κ1) is 19.9. The molecule has 0 saturated carbocycles. The van der Waals surface area contributed by atoms with E-state index >= 15 is 0 Å².